The molecule has 0 N–H and O–H groups in total. The van der Waals surface area contributed by atoms with Crippen molar-refractivity contribution < 1.29 is 58.9 Å². The number of rotatable bonds is 13. The molecule has 3 aromatic rings. The molecule has 1 atom stereocenters. The molecule has 1 aliphatic rings. The predicted molar refractivity (Wildman–Crippen MR) is 169 cm³/mol. The van der Waals surface area contributed by atoms with Gasteiger partial charge in [0.15, 0.2) is 0 Å². The minimum atomic E-state index is -2.50. The van der Waals surface area contributed by atoms with Gasteiger partial charge in [0.05, 0.1) is 8.07 Å². The molecule has 0 saturated carbocycles. The van der Waals surface area contributed by atoms with E-state index in [0.29, 0.717) is 5.92 Å². The van der Waals surface area contributed by atoms with Crippen LogP contribution in [0.5, 0.6) is 0 Å². The molecule has 0 saturated heterocycles. The summed E-state index contributed by atoms with van der Waals surface area (Å²) in [6.07, 6.45) is 17.2. The first-order chi connectivity index (χ1) is 18.5. The first-order valence-corrected chi connectivity index (χ1v) is 17.1. The molecular formula is C37H47Cl3SiTi. The Bertz CT molecular complexity index is 1110. The molecule has 0 radical (unpaired) electrons. The molecule has 0 aliphatic heterocycles. The van der Waals surface area contributed by atoms with E-state index in [2.05, 4.69) is 120 Å². The van der Waals surface area contributed by atoms with Crippen LogP contribution in [0.25, 0.3) is 0 Å². The van der Waals surface area contributed by atoms with Crippen LogP contribution < -0.4 is 52.8 Å². The van der Waals surface area contributed by atoms with Crippen molar-refractivity contribution in [2.75, 3.05) is 0 Å². The van der Waals surface area contributed by atoms with E-state index in [0.717, 1.165) is 19.3 Å². The molecule has 1 unspecified atom stereocenters. The van der Waals surface area contributed by atoms with E-state index in [-0.39, 0.29) is 58.9 Å². The van der Waals surface area contributed by atoms with E-state index in [1.165, 1.54) is 81.5 Å². The molecule has 0 heterocycles. The zero-order valence-electron chi connectivity index (χ0n) is 26.1. The van der Waals surface area contributed by atoms with Crippen molar-refractivity contribution in [2.45, 2.75) is 92.4 Å². The van der Waals surface area contributed by atoms with Gasteiger partial charge in [-0.25, -0.2) is 5.57 Å². The Morgan fingerprint density at radius 2 is 0.881 bits per heavy atom. The van der Waals surface area contributed by atoms with Crippen LogP contribution in [0.3, 0.4) is 0 Å². The minimum Gasteiger partial charge on any atom is -1.00 e. The summed E-state index contributed by atoms with van der Waals surface area (Å²) in [5.41, 5.74) is 5.70. The summed E-state index contributed by atoms with van der Waals surface area (Å²) in [4.78, 5) is 0. The van der Waals surface area contributed by atoms with E-state index in [4.69, 9.17) is 0 Å². The summed E-state index contributed by atoms with van der Waals surface area (Å²) in [7, 11) is -2.50. The molecule has 224 valence electrons. The summed E-state index contributed by atoms with van der Waals surface area (Å²) in [5.74, 6) is 0.355. The fourth-order valence-corrected chi connectivity index (χ4v) is 11.2. The predicted octanol–water partition coefficient (Wildman–Crippen LogP) is -0.941. The third-order valence-electron chi connectivity index (χ3n) is 8.29. The Labute approximate surface area is 291 Å². The molecule has 0 aromatic heterocycles. The van der Waals surface area contributed by atoms with Gasteiger partial charge in [0, 0.05) is 0 Å². The second-order valence-electron chi connectivity index (χ2n) is 11.3. The topological polar surface area (TPSA) is 0 Å². The Balaban J connectivity index is 0.00000420. The van der Waals surface area contributed by atoms with Crippen molar-refractivity contribution in [1.29, 1.82) is 0 Å². The number of halogens is 3. The van der Waals surface area contributed by atoms with Gasteiger partial charge in [0.25, 0.3) is 0 Å². The van der Waals surface area contributed by atoms with Gasteiger partial charge in [0.1, 0.15) is 0 Å². The Morgan fingerprint density at radius 3 is 1.12 bits per heavy atom. The standard InChI is InChI=1S/C37H47Si.3ClH.Ti/c1-6-9-12-31-15-21-34(22-16-31)38(37-28-29(4)27-30(37)5,35-23-17-32(18-24-35)13-10-7-2)36-25-19-33(20-26-36)14-11-8-3;;;;/h15-26,28-29H,6-14H2,1-5H3;3*1H;/q-1;;;;+4/p-3. The first-order valence-electron chi connectivity index (χ1n) is 15.1. The normalized spacial score (nSPS) is 14.0. The molecule has 0 fully saturated rings. The van der Waals surface area contributed by atoms with Crippen LogP contribution in [-0.4, -0.2) is 8.07 Å². The number of hydrogen-bond acceptors (Lipinski definition) is 0. The minimum absolute atomic E-state index is 0. The second-order valence-corrected chi connectivity index (χ2v) is 15.1. The average Bonchev–Trinajstić information content (AvgIpc) is 3.29. The van der Waals surface area contributed by atoms with Gasteiger partial charge in [-0.3, -0.25) is 6.08 Å². The average molecular weight is 674 g/mol. The molecule has 4 rings (SSSR count). The number of unbranched alkanes of at least 4 members (excludes halogenated alkanes) is 3. The first kappa shape index (κ1) is 40.9. The monoisotopic (exact) mass is 672 g/mol. The maximum Gasteiger partial charge on any atom is 4.00 e. The van der Waals surface area contributed by atoms with Crippen molar-refractivity contribution >= 4 is 23.6 Å². The van der Waals surface area contributed by atoms with Crippen LogP contribution in [0.15, 0.2) is 89.6 Å². The number of hydrogen-bond donors (Lipinski definition) is 0. The van der Waals surface area contributed by atoms with Crippen LogP contribution in [0.1, 0.15) is 89.8 Å². The van der Waals surface area contributed by atoms with Gasteiger partial charge < -0.3 is 37.2 Å². The molecule has 5 heteroatoms. The van der Waals surface area contributed by atoms with Crippen molar-refractivity contribution in [1.82, 2.24) is 0 Å². The fourth-order valence-electron chi connectivity index (χ4n) is 6.12. The molecule has 0 nitrogen and oxygen atoms in total. The SMILES string of the molecule is CCCCc1ccc([Si](C2=CC(C)[C-]=C2C)(c2ccc(CCCC)cc2)c2ccc(CCCC)cc2)cc1.[Cl-].[Cl-].[Cl-].[Ti+4]. The summed E-state index contributed by atoms with van der Waals surface area (Å²) in [6.45, 7) is 11.4. The number of allylic oxidation sites excluding steroid dienone is 4. The van der Waals surface area contributed by atoms with Crippen molar-refractivity contribution in [3.8, 4) is 0 Å². The van der Waals surface area contributed by atoms with Crippen LogP contribution in [0.4, 0.5) is 0 Å². The van der Waals surface area contributed by atoms with Crippen molar-refractivity contribution in [3.63, 3.8) is 0 Å². The molecule has 0 amide bonds. The van der Waals surface area contributed by atoms with E-state index >= 15 is 0 Å². The summed E-state index contributed by atoms with van der Waals surface area (Å²) < 4.78 is 0. The van der Waals surface area contributed by atoms with Crippen LogP contribution in [0, 0.1) is 12.0 Å². The zero-order valence-corrected chi connectivity index (χ0v) is 30.9. The third kappa shape index (κ3) is 9.47. The van der Waals surface area contributed by atoms with E-state index < -0.39 is 8.07 Å². The molecule has 0 bridgehead atoms. The van der Waals surface area contributed by atoms with E-state index in [1.54, 1.807) is 0 Å². The summed E-state index contributed by atoms with van der Waals surface area (Å²) in [6, 6.07) is 29.2. The van der Waals surface area contributed by atoms with Gasteiger partial charge >= 0.3 is 21.7 Å². The largest absolute Gasteiger partial charge is 4.00 e. The Kier molecular flexibility index (Phi) is 19.6. The number of benzene rings is 3. The van der Waals surface area contributed by atoms with Gasteiger partial charge in [-0.05, 0) is 55.2 Å². The number of aryl methyl sites for hydroxylation is 3. The summed E-state index contributed by atoms with van der Waals surface area (Å²) >= 11 is 0. The van der Waals surface area contributed by atoms with Gasteiger partial charge in [-0.1, -0.05) is 148 Å². The molecule has 3 aromatic carbocycles. The smallest absolute Gasteiger partial charge is 1.00 e. The van der Waals surface area contributed by atoms with Gasteiger partial charge in [-0.2, -0.15) is 11.3 Å². The van der Waals surface area contributed by atoms with Crippen molar-refractivity contribution in [2.24, 2.45) is 5.92 Å². The van der Waals surface area contributed by atoms with Crippen LogP contribution in [-0.2, 0) is 41.0 Å². The molecular weight excluding hydrogens is 627 g/mol. The fraction of sp³-hybridized carbons (Fsp3) is 0.405. The molecule has 0 spiro atoms. The Hall–Kier alpha value is -1.06. The van der Waals surface area contributed by atoms with E-state index in [9.17, 15) is 0 Å². The third-order valence-corrected chi connectivity index (χ3v) is 13.2. The summed E-state index contributed by atoms with van der Waals surface area (Å²) in [5, 5.41) is 5.99. The molecule has 1 aliphatic carbocycles. The Morgan fingerprint density at radius 1 is 0.571 bits per heavy atom. The maximum atomic E-state index is 3.76. The van der Waals surface area contributed by atoms with Gasteiger partial charge in [-0.15, -0.1) is 0 Å². The van der Waals surface area contributed by atoms with E-state index in [1.807, 2.05) is 0 Å². The quantitative estimate of drug-likeness (QED) is 0.125. The van der Waals surface area contributed by atoms with Crippen LogP contribution >= 0.6 is 0 Å². The van der Waals surface area contributed by atoms with Gasteiger partial charge in [0.2, 0.25) is 0 Å². The zero-order chi connectivity index (χ0) is 27.0. The molecule has 42 heavy (non-hydrogen) atoms. The van der Waals surface area contributed by atoms with Crippen LogP contribution in [0.2, 0.25) is 0 Å². The van der Waals surface area contributed by atoms with Crippen molar-refractivity contribution in [3.05, 3.63) is 112 Å². The maximum absolute atomic E-state index is 3.76. The second kappa shape index (κ2) is 20.1.